The van der Waals surface area contributed by atoms with Gasteiger partial charge in [0.1, 0.15) is 0 Å². The molecule has 0 saturated carbocycles. The van der Waals surface area contributed by atoms with Crippen LogP contribution in [0.5, 0.6) is 11.5 Å². The summed E-state index contributed by atoms with van der Waals surface area (Å²) in [4.78, 5) is 22.6. The summed E-state index contributed by atoms with van der Waals surface area (Å²) in [6.07, 6.45) is 1.16. The number of ether oxygens (including phenoxy) is 2. The minimum absolute atomic E-state index is 0.153. The van der Waals surface area contributed by atoms with Crippen LogP contribution < -0.4 is 20.6 Å². The number of carbonyl (C=O) groups is 1. The van der Waals surface area contributed by atoms with E-state index in [9.17, 15) is 14.9 Å². The normalized spacial score (nSPS) is 10.5. The van der Waals surface area contributed by atoms with E-state index in [0.29, 0.717) is 17.0 Å². The van der Waals surface area contributed by atoms with Gasteiger partial charge in [0.25, 0.3) is 11.6 Å². The molecule has 0 unspecified atom stereocenters. The number of amides is 1. The summed E-state index contributed by atoms with van der Waals surface area (Å²) < 4.78 is 10.1. The topological polar surface area (TPSA) is 129 Å². The van der Waals surface area contributed by atoms with Crippen LogP contribution in [0.25, 0.3) is 0 Å². The molecule has 9 heteroatoms. The third kappa shape index (κ3) is 4.22. The molecule has 0 radical (unpaired) electrons. The molecule has 2 aromatic carbocycles. The quantitative estimate of drug-likeness (QED) is 0.357. The smallest absolute Gasteiger partial charge is 0.282 e. The Balaban J connectivity index is 2.23. The molecule has 0 spiro atoms. The summed E-state index contributed by atoms with van der Waals surface area (Å²) in [5, 5.41) is 14.9. The Morgan fingerprint density at radius 3 is 2.36 bits per heavy atom. The number of methoxy groups -OCH3 is 2. The van der Waals surface area contributed by atoms with Crippen molar-refractivity contribution in [3.8, 4) is 11.5 Å². The third-order valence-electron chi connectivity index (χ3n) is 3.27. The third-order valence-corrected chi connectivity index (χ3v) is 3.27. The van der Waals surface area contributed by atoms with Gasteiger partial charge in [-0.3, -0.25) is 14.9 Å². The van der Waals surface area contributed by atoms with Crippen LogP contribution in [0.1, 0.15) is 15.9 Å². The number of nitrogens with one attached hydrogen (secondary N) is 1. The van der Waals surface area contributed by atoms with Crippen molar-refractivity contribution in [1.82, 2.24) is 5.43 Å². The van der Waals surface area contributed by atoms with Crippen LogP contribution in [0.2, 0.25) is 0 Å². The molecule has 0 aliphatic rings. The summed E-state index contributed by atoms with van der Waals surface area (Å²) in [6.45, 7) is 0. The highest BCUT2D eigenvalue weighted by molar-refractivity contribution is 5.95. The Morgan fingerprint density at radius 1 is 1.20 bits per heavy atom. The Bertz CT molecular complexity index is 818. The van der Waals surface area contributed by atoms with Gasteiger partial charge in [0.2, 0.25) is 0 Å². The lowest BCUT2D eigenvalue weighted by atomic mass is 10.1. The minimum atomic E-state index is -0.578. The Kier molecular flexibility index (Phi) is 5.51. The SMILES string of the molecule is COc1cc(/C=N\NC(=O)c2ccc(N)cc2)c([N+](=O)[O-])cc1OC. The van der Waals surface area contributed by atoms with Gasteiger partial charge in [-0.1, -0.05) is 0 Å². The molecule has 25 heavy (non-hydrogen) atoms. The van der Waals surface area contributed by atoms with E-state index in [0.717, 1.165) is 6.21 Å². The van der Waals surface area contributed by atoms with E-state index in [4.69, 9.17) is 15.2 Å². The highest BCUT2D eigenvalue weighted by Crippen LogP contribution is 2.33. The predicted molar refractivity (Wildman–Crippen MR) is 92.1 cm³/mol. The second kappa shape index (κ2) is 7.77. The van der Waals surface area contributed by atoms with Crippen LogP contribution in [0.15, 0.2) is 41.5 Å². The van der Waals surface area contributed by atoms with Crippen LogP contribution in [0.3, 0.4) is 0 Å². The Morgan fingerprint density at radius 2 is 1.80 bits per heavy atom. The lowest BCUT2D eigenvalue weighted by molar-refractivity contribution is -0.385. The molecule has 3 N–H and O–H groups in total. The van der Waals surface area contributed by atoms with Gasteiger partial charge in [0.05, 0.1) is 37.0 Å². The molecule has 0 aliphatic heterocycles. The van der Waals surface area contributed by atoms with Crippen LogP contribution in [-0.2, 0) is 0 Å². The number of nitro groups is 1. The molecule has 0 heterocycles. The molecular weight excluding hydrogens is 328 g/mol. The van der Waals surface area contributed by atoms with Crippen LogP contribution in [0, 0.1) is 10.1 Å². The highest BCUT2D eigenvalue weighted by atomic mass is 16.6. The van der Waals surface area contributed by atoms with Crippen molar-refractivity contribution in [1.29, 1.82) is 0 Å². The lowest BCUT2D eigenvalue weighted by Crippen LogP contribution is -2.17. The number of nitrogen functional groups attached to an aromatic ring is 1. The van der Waals surface area contributed by atoms with Gasteiger partial charge in [-0.25, -0.2) is 5.43 Å². The molecule has 0 aromatic heterocycles. The zero-order valence-electron chi connectivity index (χ0n) is 13.6. The van der Waals surface area contributed by atoms with Gasteiger partial charge in [-0.05, 0) is 30.3 Å². The summed E-state index contributed by atoms with van der Waals surface area (Å²) >= 11 is 0. The molecule has 1 amide bonds. The monoisotopic (exact) mass is 344 g/mol. The number of anilines is 1. The first-order chi connectivity index (χ1) is 12.0. The first-order valence-electron chi connectivity index (χ1n) is 7.05. The van der Waals surface area contributed by atoms with E-state index in [1.807, 2.05) is 0 Å². The van der Waals surface area contributed by atoms with Crippen molar-refractivity contribution in [2.24, 2.45) is 5.10 Å². The maximum atomic E-state index is 11.9. The van der Waals surface area contributed by atoms with Crippen molar-refractivity contribution in [3.05, 3.63) is 57.6 Å². The van der Waals surface area contributed by atoms with Gasteiger partial charge in [0, 0.05) is 11.3 Å². The van der Waals surface area contributed by atoms with Gasteiger partial charge >= 0.3 is 0 Å². The molecule has 0 saturated heterocycles. The van der Waals surface area contributed by atoms with Crippen LogP contribution in [0.4, 0.5) is 11.4 Å². The van der Waals surface area contributed by atoms with Gasteiger partial charge in [0.15, 0.2) is 11.5 Å². The average molecular weight is 344 g/mol. The predicted octanol–water partition coefficient (Wildman–Crippen LogP) is 1.96. The number of carbonyl (C=O) groups excluding carboxylic acids is 1. The maximum Gasteiger partial charge on any atom is 0.282 e. The zero-order chi connectivity index (χ0) is 18.4. The summed E-state index contributed by atoms with van der Waals surface area (Å²) in [7, 11) is 2.79. The summed E-state index contributed by atoms with van der Waals surface area (Å²) in [5.74, 6) is 0.0519. The van der Waals surface area contributed by atoms with Crippen molar-refractivity contribution in [3.63, 3.8) is 0 Å². The lowest BCUT2D eigenvalue weighted by Gasteiger charge is -2.08. The standard InChI is InChI=1S/C16H16N4O5/c1-24-14-7-11(13(20(22)23)8-15(14)25-2)9-18-19-16(21)10-3-5-12(17)6-4-10/h3-9H,17H2,1-2H3,(H,19,21)/b18-9-. The Labute approximate surface area is 143 Å². The number of rotatable bonds is 6. The van der Waals surface area contributed by atoms with E-state index >= 15 is 0 Å². The molecular formula is C16H16N4O5. The molecule has 9 nitrogen and oxygen atoms in total. The van der Waals surface area contributed by atoms with Gasteiger partial charge in [-0.2, -0.15) is 5.10 Å². The molecule has 0 fully saturated rings. The fraction of sp³-hybridized carbons (Fsp3) is 0.125. The number of hydrogen-bond acceptors (Lipinski definition) is 7. The summed E-state index contributed by atoms with van der Waals surface area (Å²) in [5.41, 5.74) is 8.65. The van der Waals surface area contributed by atoms with E-state index in [1.165, 1.54) is 26.4 Å². The van der Waals surface area contributed by atoms with Crippen molar-refractivity contribution in [2.45, 2.75) is 0 Å². The van der Waals surface area contributed by atoms with Gasteiger partial charge in [-0.15, -0.1) is 0 Å². The second-order valence-corrected chi connectivity index (χ2v) is 4.84. The molecule has 0 atom stereocenters. The zero-order valence-corrected chi connectivity index (χ0v) is 13.6. The first kappa shape index (κ1) is 17.7. The Hall–Kier alpha value is -3.62. The second-order valence-electron chi connectivity index (χ2n) is 4.84. The van der Waals surface area contributed by atoms with E-state index < -0.39 is 10.8 Å². The number of hydrazone groups is 1. The van der Waals surface area contributed by atoms with Crippen molar-refractivity contribution < 1.29 is 19.2 Å². The number of nitrogens with zero attached hydrogens (tertiary/aromatic N) is 2. The number of benzene rings is 2. The van der Waals surface area contributed by atoms with E-state index in [1.54, 1.807) is 24.3 Å². The first-order valence-corrected chi connectivity index (χ1v) is 7.05. The average Bonchev–Trinajstić information content (AvgIpc) is 2.61. The summed E-state index contributed by atoms with van der Waals surface area (Å²) in [6, 6.07) is 8.87. The molecule has 2 aromatic rings. The highest BCUT2D eigenvalue weighted by Gasteiger charge is 2.18. The number of hydrogen-bond donors (Lipinski definition) is 2. The molecule has 0 aliphatic carbocycles. The molecule has 2 rings (SSSR count). The molecule has 130 valence electrons. The number of nitro benzene ring substituents is 1. The van der Waals surface area contributed by atoms with Crippen molar-refractivity contribution in [2.75, 3.05) is 20.0 Å². The van der Waals surface area contributed by atoms with Gasteiger partial charge < -0.3 is 15.2 Å². The largest absolute Gasteiger partial charge is 0.493 e. The fourth-order valence-electron chi connectivity index (χ4n) is 2.00. The number of nitrogens with two attached hydrogens (primary N) is 1. The van der Waals surface area contributed by atoms with Crippen molar-refractivity contribution >= 4 is 23.5 Å². The van der Waals surface area contributed by atoms with Crippen LogP contribution in [-0.4, -0.2) is 31.3 Å². The molecule has 0 bridgehead atoms. The maximum absolute atomic E-state index is 11.9. The minimum Gasteiger partial charge on any atom is -0.493 e. The van der Waals surface area contributed by atoms with E-state index in [-0.39, 0.29) is 17.0 Å². The van der Waals surface area contributed by atoms with E-state index in [2.05, 4.69) is 10.5 Å². The fourth-order valence-corrected chi connectivity index (χ4v) is 2.00. The van der Waals surface area contributed by atoms with Crippen LogP contribution >= 0.6 is 0 Å².